The van der Waals surface area contributed by atoms with Crippen molar-refractivity contribution < 1.29 is 14.5 Å². The number of nitrogens with zero attached hydrogens (tertiary/aromatic N) is 1. The first kappa shape index (κ1) is 15.7. The number of carbonyl (C=O) groups excluding carboxylic acids is 1. The minimum absolute atomic E-state index is 0.0270. The molecular formula is C16H16N2O4. The number of hydrogen-bond donors (Lipinski definition) is 1. The Bertz CT molecular complexity index is 700. The number of hydrogen-bond acceptors (Lipinski definition) is 5. The number of methoxy groups -OCH3 is 1. The molecule has 2 rings (SSSR count). The zero-order chi connectivity index (χ0) is 16.1. The highest BCUT2D eigenvalue weighted by Gasteiger charge is 2.18. The number of nitrogens with two attached hydrogens (primary N) is 1. The molecule has 22 heavy (non-hydrogen) atoms. The summed E-state index contributed by atoms with van der Waals surface area (Å²) in [5.74, 6) is 0.559. The number of ether oxygens (including phenoxy) is 1. The molecule has 0 saturated carbocycles. The fraction of sp³-hybridized carbons (Fsp3) is 0.188. The van der Waals surface area contributed by atoms with Gasteiger partial charge in [-0.1, -0.05) is 24.3 Å². The molecule has 0 aliphatic rings. The second-order valence-corrected chi connectivity index (χ2v) is 4.81. The smallest absolute Gasteiger partial charge is 0.272 e. The van der Waals surface area contributed by atoms with Crippen LogP contribution in [0.3, 0.4) is 0 Å². The van der Waals surface area contributed by atoms with E-state index in [1.54, 1.807) is 36.4 Å². The lowest BCUT2D eigenvalue weighted by molar-refractivity contribution is -0.385. The number of aldehydes is 1. The Morgan fingerprint density at radius 1 is 1.32 bits per heavy atom. The summed E-state index contributed by atoms with van der Waals surface area (Å²) in [6, 6.07) is 10.9. The van der Waals surface area contributed by atoms with Gasteiger partial charge >= 0.3 is 0 Å². The molecule has 114 valence electrons. The lowest BCUT2D eigenvalue weighted by Gasteiger charge is -2.15. The Morgan fingerprint density at radius 3 is 2.68 bits per heavy atom. The molecule has 0 aromatic heterocycles. The van der Waals surface area contributed by atoms with Gasteiger partial charge < -0.3 is 10.5 Å². The van der Waals surface area contributed by atoms with Gasteiger partial charge in [0.2, 0.25) is 0 Å². The van der Waals surface area contributed by atoms with Crippen LogP contribution in [0.5, 0.6) is 5.75 Å². The van der Waals surface area contributed by atoms with Crippen LogP contribution in [0.1, 0.15) is 27.5 Å². The summed E-state index contributed by atoms with van der Waals surface area (Å²) in [6.45, 7) is 0. The van der Waals surface area contributed by atoms with E-state index in [9.17, 15) is 14.9 Å². The third kappa shape index (κ3) is 3.29. The van der Waals surface area contributed by atoms with Gasteiger partial charge in [-0.25, -0.2) is 0 Å². The molecule has 6 heteroatoms. The van der Waals surface area contributed by atoms with Gasteiger partial charge in [0.1, 0.15) is 5.75 Å². The summed E-state index contributed by atoms with van der Waals surface area (Å²) in [4.78, 5) is 21.8. The lowest BCUT2D eigenvalue weighted by atomic mass is 9.95. The van der Waals surface area contributed by atoms with Gasteiger partial charge in [-0.3, -0.25) is 14.9 Å². The number of nitro benzene ring substituents is 1. The Balaban J connectivity index is 2.32. The highest BCUT2D eigenvalue weighted by Crippen LogP contribution is 2.26. The fourth-order valence-electron chi connectivity index (χ4n) is 2.33. The van der Waals surface area contributed by atoms with Crippen LogP contribution in [0.4, 0.5) is 5.69 Å². The van der Waals surface area contributed by atoms with E-state index in [4.69, 9.17) is 10.5 Å². The zero-order valence-corrected chi connectivity index (χ0v) is 12.1. The highest BCUT2D eigenvalue weighted by molar-refractivity contribution is 5.78. The topological polar surface area (TPSA) is 95.5 Å². The molecule has 0 amide bonds. The molecule has 0 aliphatic carbocycles. The standard InChI is InChI=1S/C16H16N2O4/c1-22-13-6-7-14(12(8-13)10-19)15(17)9-11-4-2-3-5-16(11)18(20)21/h2-8,10,15H,9,17H2,1H3. The predicted octanol–water partition coefficient (Wildman–Crippen LogP) is 2.66. The first-order chi connectivity index (χ1) is 10.6. The van der Waals surface area contributed by atoms with Crippen LogP contribution in [0, 0.1) is 10.1 Å². The SMILES string of the molecule is COc1ccc(C(N)Cc2ccccc2[N+](=O)[O-])c(C=O)c1. The zero-order valence-electron chi connectivity index (χ0n) is 12.1. The van der Waals surface area contributed by atoms with Crippen LogP contribution in [0.25, 0.3) is 0 Å². The van der Waals surface area contributed by atoms with Crippen LogP contribution >= 0.6 is 0 Å². The molecule has 2 N–H and O–H groups in total. The highest BCUT2D eigenvalue weighted by atomic mass is 16.6. The number of para-hydroxylation sites is 1. The molecule has 1 unspecified atom stereocenters. The van der Waals surface area contributed by atoms with Crippen molar-refractivity contribution in [1.29, 1.82) is 0 Å². The molecule has 0 radical (unpaired) electrons. The van der Waals surface area contributed by atoms with Crippen molar-refractivity contribution in [2.75, 3.05) is 7.11 Å². The van der Waals surface area contributed by atoms with E-state index < -0.39 is 11.0 Å². The van der Waals surface area contributed by atoms with Crippen molar-refractivity contribution in [3.8, 4) is 5.75 Å². The Morgan fingerprint density at radius 2 is 2.05 bits per heavy atom. The molecule has 1 atom stereocenters. The van der Waals surface area contributed by atoms with Crippen LogP contribution in [0.15, 0.2) is 42.5 Å². The van der Waals surface area contributed by atoms with Crippen molar-refractivity contribution in [3.05, 3.63) is 69.3 Å². The first-order valence-electron chi connectivity index (χ1n) is 6.67. The summed E-state index contributed by atoms with van der Waals surface area (Å²) in [5.41, 5.74) is 7.76. The van der Waals surface area contributed by atoms with Crippen molar-refractivity contribution in [1.82, 2.24) is 0 Å². The Labute approximate surface area is 127 Å². The second kappa shape index (κ2) is 6.82. The molecule has 0 fully saturated rings. The summed E-state index contributed by atoms with van der Waals surface area (Å²) in [6.07, 6.45) is 0.974. The van der Waals surface area contributed by atoms with Crippen LogP contribution in [-0.4, -0.2) is 18.3 Å². The molecule has 0 spiro atoms. The van der Waals surface area contributed by atoms with Crippen molar-refractivity contribution >= 4 is 12.0 Å². The maximum atomic E-state index is 11.2. The van der Waals surface area contributed by atoms with Gasteiger partial charge in [0.15, 0.2) is 6.29 Å². The number of carbonyl (C=O) groups is 1. The molecule has 2 aromatic carbocycles. The van der Waals surface area contributed by atoms with Gasteiger partial charge in [0, 0.05) is 23.2 Å². The summed E-state index contributed by atoms with van der Waals surface area (Å²) >= 11 is 0. The van der Waals surface area contributed by atoms with E-state index in [1.165, 1.54) is 13.2 Å². The third-order valence-corrected chi connectivity index (χ3v) is 3.45. The van der Waals surface area contributed by atoms with E-state index in [2.05, 4.69) is 0 Å². The minimum atomic E-state index is -0.521. The number of benzene rings is 2. The van der Waals surface area contributed by atoms with Crippen LogP contribution in [0.2, 0.25) is 0 Å². The van der Waals surface area contributed by atoms with Crippen LogP contribution in [-0.2, 0) is 6.42 Å². The summed E-state index contributed by atoms with van der Waals surface area (Å²) in [7, 11) is 1.51. The first-order valence-corrected chi connectivity index (χ1v) is 6.67. The maximum Gasteiger partial charge on any atom is 0.272 e. The van der Waals surface area contributed by atoms with Gasteiger partial charge in [-0.15, -0.1) is 0 Å². The van der Waals surface area contributed by atoms with Crippen molar-refractivity contribution in [3.63, 3.8) is 0 Å². The summed E-state index contributed by atoms with van der Waals surface area (Å²) < 4.78 is 5.07. The summed E-state index contributed by atoms with van der Waals surface area (Å²) in [5, 5.41) is 11.0. The quantitative estimate of drug-likeness (QED) is 0.502. The van der Waals surface area contributed by atoms with Crippen molar-refractivity contribution in [2.45, 2.75) is 12.5 Å². The average molecular weight is 300 g/mol. The lowest BCUT2D eigenvalue weighted by Crippen LogP contribution is -2.16. The third-order valence-electron chi connectivity index (χ3n) is 3.45. The van der Waals surface area contributed by atoms with E-state index in [0.29, 0.717) is 28.7 Å². The molecule has 0 saturated heterocycles. The van der Waals surface area contributed by atoms with E-state index in [0.717, 1.165) is 0 Å². The normalized spacial score (nSPS) is 11.7. The van der Waals surface area contributed by atoms with Crippen LogP contribution < -0.4 is 10.5 Å². The van der Waals surface area contributed by atoms with Gasteiger partial charge in [-0.05, 0) is 24.1 Å². The largest absolute Gasteiger partial charge is 0.497 e. The Hall–Kier alpha value is -2.73. The molecule has 0 aliphatic heterocycles. The monoisotopic (exact) mass is 300 g/mol. The molecule has 0 bridgehead atoms. The number of nitro groups is 1. The molecule has 6 nitrogen and oxygen atoms in total. The van der Waals surface area contributed by atoms with Gasteiger partial charge in [0.05, 0.1) is 12.0 Å². The molecule has 2 aromatic rings. The average Bonchev–Trinajstić information content (AvgIpc) is 2.54. The second-order valence-electron chi connectivity index (χ2n) is 4.81. The van der Waals surface area contributed by atoms with Gasteiger partial charge in [0.25, 0.3) is 5.69 Å². The van der Waals surface area contributed by atoms with Gasteiger partial charge in [-0.2, -0.15) is 0 Å². The van der Waals surface area contributed by atoms with E-state index >= 15 is 0 Å². The minimum Gasteiger partial charge on any atom is -0.497 e. The number of rotatable bonds is 6. The Kier molecular flexibility index (Phi) is 4.85. The fourth-order valence-corrected chi connectivity index (χ4v) is 2.33. The predicted molar refractivity (Wildman–Crippen MR) is 82.1 cm³/mol. The van der Waals surface area contributed by atoms with E-state index in [-0.39, 0.29) is 12.1 Å². The van der Waals surface area contributed by atoms with Crippen molar-refractivity contribution in [2.24, 2.45) is 5.73 Å². The molecular weight excluding hydrogens is 284 g/mol. The van der Waals surface area contributed by atoms with E-state index in [1.807, 2.05) is 0 Å². The molecule has 0 heterocycles. The maximum absolute atomic E-state index is 11.2.